The number of aliphatic hydroxyl groups excluding tert-OH is 1. The molecule has 0 spiro atoms. The molecule has 0 aliphatic carbocycles. The van der Waals surface area contributed by atoms with Gasteiger partial charge in [-0.25, -0.2) is 0 Å². The summed E-state index contributed by atoms with van der Waals surface area (Å²) >= 11 is 1.25. The Morgan fingerprint density at radius 2 is 2.07 bits per heavy atom. The molecule has 2 aromatic carbocycles. The average molecular weight is 381 g/mol. The van der Waals surface area contributed by atoms with Gasteiger partial charge in [-0.05, 0) is 41.6 Å². The molecular formula is C20H21N4O2S. The third kappa shape index (κ3) is 5.43. The summed E-state index contributed by atoms with van der Waals surface area (Å²) in [4.78, 5) is 11.8. The number of rotatable bonds is 9. The van der Waals surface area contributed by atoms with E-state index in [4.69, 9.17) is 5.73 Å². The first-order chi connectivity index (χ1) is 13.1. The zero-order valence-corrected chi connectivity index (χ0v) is 15.5. The second-order valence-corrected chi connectivity index (χ2v) is 6.76. The molecule has 1 radical (unpaired) electrons. The van der Waals surface area contributed by atoms with Gasteiger partial charge < -0.3 is 16.2 Å². The second-order valence-electron chi connectivity index (χ2n) is 6.15. The fourth-order valence-electron chi connectivity index (χ4n) is 2.73. The summed E-state index contributed by atoms with van der Waals surface area (Å²) in [7, 11) is 0. The van der Waals surface area contributed by atoms with Gasteiger partial charge in [-0.1, -0.05) is 47.0 Å². The van der Waals surface area contributed by atoms with Gasteiger partial charge in [0.25, 0.3) is 0 Å². The molecule has 3 rings (SSSR count). The summed E-state index contributed by atoms with van der Waals surface area (Å²) in [6.45, 7) is 0.826. The first-order valence-electron chi connectivity index (χ1n) is 8.59. The fraction of sp³-hybridized carbons (Fsp3) is 0.200. The van der Waals surface area contributed by atoms with Crippen LogP contribution in [0.3, 0.4) is 0 Å². The summed E-state index contributed by atoms with van der Waals surface area (Å²) < 4.78 is 3.84. The van der Waals surface area contributed by atoms with Crippen molar-refractivity contribution in [2.45, 2.75) is 19.1 Å². The predicted octanol–water partition coefficient (Wildman–Crippen LogP) is 2.20. The molecule has 0 aliphatic rings. The molecule has 1 amide bonds. The van der Waals surface area contributed by atoms with Crippen LogP contribution in [-0.2, 0) is 13.0 Å². The summed E-state index contributed by atoms with van der Waals surface area (Å²) in [6, 6.07) is 15.4. The summed E-state index contributed by atoms with van der Waals surface area (Å²) in [5, 5.41) is 19.1. The van der Waals surface area contributed by atoms with Crippen LogP contribution in [0, 0.1) is 6.42 Å². The van der Waals surface area contributed by atoms with Gasteiger partial charge in [-0.2, -0.15) is 0 Å². The highest BCUT2D eigenvalue weighted by molar-refractivity contribution is 7.03. The molecular weight excluding hydrogens is 360 g/mol. The number of carbonyl (C=O) groups excluding carboxylic acids is 1. The van der Waals surface area contributed by atoms with Crippen molar-refractivity contribution in [1.82, 2.24) is 14.9 Å². The van der Waals surface area contributed by atoms with Gasteiger partial charge in [0.05, 0.1) is 6.10 Å². The number of nitrogens with one attached hydrogen (secondary N) is 1. The maximum absolute atomic E-state index is 11.8. The molecule has 0 bridgehead atoms. The molecule has 6 nitrogen and oxygen atoms in total. The van der Waals surface area contributed by atoms with E-state index in [1.54, 1.807) is 6.07 Å². The van der Waals surface area contributed by atoms with Gasteiger partial charge >= 0.3 is 0 Å². The van der Waals surface area contributed by atoms with E-state index in [9.17, 15) is 9.90 Å². The Kier molecular flexibility index (Phi) is 6.64. The zero-order chi connectivity index (χ0) is 19.1. The molecule has 1 aromatic heterocycles. The Morgan fingerprint density at radius 1 is 1.26 bits per heavy atom. The number of benzene rings is 2. The number of primary amides is 1. The molecule has 4 N–H and O–H groups in total. The topological polar surface area (TPSA) is 101 Å². The third-order valence-electron chi connectivity index (χ3n) is 4.17. The minimum atomic E-state index is -0.581. The molecule has 27 heavy (non-hydrogen) atoms. The molecule has 3 aromatic rings. The van der Waals surface area contributed by atoms with Crippen molar-refractivity contribution >= 4 is 17.4 Å². The minimum absolute atomic E-state index is 0.392. The largest absolute Gasteiger partial charge is 0.391 e. The van der Waals surface area contributed by atoms with Crippen LogP contribution in [0.25, 0.3) is 11.3 Å². The van der Waals surface area contributed by atoms with Crippen LogP contribution in [0.4, 0.5) is 0 Å². The Hall–Kier alpha value is -2.61. The number of hydrogen-bond acceptors (Lipinski definition) is 6. The van der Waals surface area contributed by atoms with Crippen LogP contribution < -0.4 is 11.1 Å². The van der Waals surface area contributed by atoms with Gasteiger partial charge in [0.2, 0.25) is 5.91 Å². The van der Waals surface area contributed by atoms with E-state index in [0.717, 1.165) is 16.7 Å². The normalized spacial score (nSPS) is 12.0. The number of carbonyl (C=O) groups is 1. The Bertz CT molecular complexity index is 869. The lowest BCUT2D eigenvalue weighted by atomic mass is 10.0. The van der Waals surface area contributed by atoms with E-state index in [2.05, 4.69) is 14.9 Å². The summed E-state index contributed by atoms with van der Waals surface area (Å²) in [6.07, 6.45) is 1.98. The van der Waals surface area contributed by atoms with Crippen LogP contribution in [0.1, 0.15) is 21.5 Å². The Morgan fingerprint density at radius 3 is 2.78 bits per heavy atom. The van der Waals surface area contributed by atoms with Gasteiger partial charge in [-0.15, -0.1) is 5.10 Å². The van der Waals surface area contributed by atoms with E-state index in [0.29, 0.717) is 30.8 Å². The van der Waals surface area contributed by atoms with E-state index < -0.39 is 12.0 Å². The van der Waals surface area contributed by atoms with Gasteiger partial charge in [0.15, 0.2) is 0 Å². The molecule has 0 saturated carbocycles. The predicted molar refractivity (Wildman–Crippen MR) is 106 cm³/mol. The highest BCUT2D eigenvalue weighted by Gasteiger charge is 2.12. The van der Waals surface area contributed by atoms with Crippen molar-refractivity contribution in [3.63, 3.8) is 0 Å². The molecule has 139 valence electrons. The first kappa shape index (κ1) is 19.2. The van der Waals surface area contributed by atoms with E-state index >= 15 is 0 Å². The number of amides is 1. The molecule has 0 unspecified atom stereocenters. The van der Waals surface area contributed by atoms with Gasteiger partial charge in [0, 0.05) is 29.6 Å². The number of nitrogens with two attached hydrogens (primary N) is 1. The zero-order valence-electron chi connectivity index (χ0n) is 14.7. The van der Waals surface area contributed by atoms with Crippen LogP contribution >= 0.6 is 11.5 Å². The smallest absolute Gasteiger partial charge is 0.249 e. The Balaban J connectivity index is 1.55. The third-order valence-corrected chi connectivity index (χ3v) is 4.67. The number of hydrogen-bond donors (Lipinski definition) is 3. The number of aliphatic hydroxyl groups is 1. The summed E-state index contributed by atoms with van der Waals surface area (Å²) in [5.41, 5.74) is 9.42. The minimum Gasteiger partial charge on any atom is -0.391 e. The highest BCUT2D eigenvalue weighted by Crippen LogP contribution is 2.21. The summed E-state index contributed by atoms with van der Waals surface area (Å²) in [5.74, 6) is -0.493. The Labute approximate surface area is 162 Å². The van der Waals surface area contributed by atoms with Crippen molar-refractivity contribution < 1.29 is 9.90 Å². The van der Waals surface area contributed by atoms with Crippen LogP contribution in [0.2, 0.25) is 0 Å². The van der Waals surface area contributed by atoms with Crippen LogP contribution in [0.5, 0.6) is 0 Å². The van der Waals surface area contributed by atoms with Crippen molar-refractivity contribution in [2.24, 2.45) is 5.73 Å². The average Bonchev–Trinajstić information content (AvgIpc) is 3.22. The van der Waals surface area contributed by atoms with E-state index in [1.165, 1.54) is 11.5 Å². The van der Waals surface area contributed by atoms with Crippen molar-refractivity contribution in [3.8, 4) is 11.3 Å². The molecule has 1 atom stereocenters. The van der Waals surface area contributed by atoms with E-state index in [-0.39, 0.29) is 0 Å². The standard InChI is InChI=1S/C20H21N4O2S/c21-20(26)18-10-15(19-13-27-24-23-19)7-8-16(18)11-22-12-17(25)9-6-14-4-2-1-3-5-14/h1-5,7-10,13,17,22,25H,6,11-12H2,(H2,21,26)/t17-/m0/s1. The SMILES string of the molecule is NC(=O)c1cc(-c2csnn2)ccc1CNC[C@@H](O)[CH]Cc1ccccc1. The van der Waals surface area contributed by atoms with E-state index in [1.807, 2.05) is 54.3 Å². The quantitative estimate of drug-likeness (QED) is 0.527. The molecule has 0 saturated heterocycles. The monoisotopic (exact) mass is 381 g/mol. The molecule has 7 heteroatoms. The lowest BCUT2D eigenvalue weighted by Gasteiger charge is -2.13. The van der Waals surface area contributed by atoms with Crippen LogP contribution in [-0.4, -0.2) is 33.2 Å². The molecule has 1 heterocycles. The lowest BCUT2D eigenvalue weighted by molar-refractivity contribution is 0.0999. The van der Waals surface area contributed by atoms with Crippen molar-refractivity contribution in [1.29, 1.82) is 0 Å². The van der Waals surface area contributed by atoms with Crippen molar-refractivity contribution in [3.05, 3.63) is 77.0 Å². The number of nitrogens with zero attached hydrogens (tertiary/aromatic N) is 2. The van der Waals surface area contributed by atoms with Crippen molar-refractivity contribution in [2.75, 3.05) is 6.54 Å². The first-order valence-corrected chi connectivity index (χ1v) is 9.43. The fourth-order valence-corrected chi connectivity index (χ4v) is 3.20. The lowest BCUT2D eigenvalue weighted by Crippen LogP contribution is -2.28. The number of aromatic nitrogens is 2. The van der Waals surface area contributed by atoms with Gasteiger partial charge in [0.1, 0.15) is 5.69 Å². The second kappa shape index (κ2) is 9.36. The maximum Gasteiger partial charge on any atom is 0.249 e. The maximum atomic E-state index is 11.8. The van der Waals surface area contributed by atoms with Crippen LogP contribution in [0.15, 0.2) is 53.9 Å². The highest BCUT2D eigenvalue weighted by atomic mass is 32.1. The molecule has 0 fully saturated rings. The molecule has 0 aliphatic heterocycles. The van der Waals surface area contributed by atoms with Gasteiger partial charge in [-0.3, -0.25) is 4.79 Å².